The normalized spacial score (nSPS) is 16.6. The van der Waals surface area contributed by atoms with Gasteiger partial charge in [-0.25, -0.2) is 22.5 Å². The SMILES string of the molecule is COCCOCCNc1ccc(S(=O)(=O)NC(=O)c2cc(F)c(N3CCN(CC4=C(c5ccc(Cl)cc5)CC5(CCC5)CC4)CC3)cc2Oc2cnc3[nH]ccc3c2)cc1[N+](=O)[O-]. The van der Waals surface area contributed by atoms with Crippen LogP contribution in [-0.2, 0) is 19.5 Å². The van der Waals surface area contributed by atoms with Crippen molar-refractivity contribution in [2.24, 2.45) is 5.41 Å². The minimum Gasteiger partial charge on any atom is -0.455 e. The van der Waals surface area contributed by atoms with E-state index in [4.69, 9.17) is 25.8 Å². The van der Waals surface area contributed by atoms with E-state index in [1.54, 1.807) is 18.3 Å². The van der Waals surface area contributed by atoms with E-state index in [1.165, 1.54) is 67.8 Å². The molecule has 332 valence electrons. The summed E-state index contributed by atoms with van der Waals surface area (Å²) in [5.74, 6) is -1.83. The lowest BCUT2D eigenvalue weighted by molar-refractivity contribution is -0.384. The van der Waals surface area contributed by atoms with Gasteiger partial charge in [-0.3, -0.25) is 19.8 Å². The third-order valence-corrected chi connectivity index (χ3v) is 13.8. The van der Waals surface area contributed by atoms with E-state index >= 15 is 4.39 Å². The molecule has 1 spiro atoms. The van der Waals surface area contributed by atoms with Gasteiger partial charge in [-0.1, -0.05) is 35.7 Å². The number of ether oxygens (including phenoxy) is 3. The first-order chi connectivity index (χ1) is 30.4. The maximum Gasteiger partial charge on any atom is 0.293 e. The number of fused-ring (bicyclic) bond motifs is 1. The van der Waals surface area contributed by atoms with Crippen LogP contribution >= 0.6 is 11.6 Å². The number of hydrogen-bond donors (Lipinski definition) is 3. The van der Waals surface area contributed by atoms with Crippen molar-refractivity contribution in [3.63, 3.8) is 0 Å². The van der Waals surface area contributed by atoms with Crippen LogP contribution < -0.4 is 19.7 Å². The van der Waals surface area contributed by atoms with Crippen LogP contribution in [0.2, 0.25) is 5.02 Å². The molecule has 1 saturated heterocycles. The Kier molecular flexibility index (Phi) is 13.3. The van der Waals surface area contributed by atoms with Crippen LogP contribution in [-0.4, -0.2) is 100 Å². The number of amides is 1. The molecule has 3 heterocycles. The number of carbonyl (C=O) groups excluding carboxylic acids is 1. The lowest BCUT2D eigenvalue weighted by Gasteiger charge is -2.47. The summed E-state index contributed by atoms with van der Waals surface area (Å²) in [4.78, 5) is 36.2. The smallest absolute Gasteiger partial charge is 0.293 e. The first-order valence-corrected chi connectivity index (χ1v) is 22.8. The van der Waals surface area contributed by atoms with Crippen LogP contribution in [0.5, 0.6) is 11.5 Å². The number of nitrogens with one attached hydrogen (secondary N) is 3. The highest BCUT2D eigenvalue weighted by atomic mass is 35.5. The summed E-state index contributed by atoms with van der Waals surface area (Å²) < 4.78 is 62.0. The number of aromatic amines is 1. The Hall–Kier alpha value is -5.59. The molecular weight excluding hydrogens is 853 g/mol. The molecule has 2 aromatic heterocycles. The summed E-state index contributed by atoms with van der Waals surface area (Å²) in [6.45, 7) is 4.25. The van der Waals surface area contributed by atoms with Gasteiger partial charge in [0.2, 0.25) is 0 Å². The number of nitrogens with zero attached hydrogens (tertiary/aromatic N) is 4. The highest BCUT2D eigenvalue weighted by Crippen LogP contribution is 2.55. The molecule has 0 atom stereocenters. The van der Waals surface area contributed by atoms with Gasteiger partial charge in [0.25, 0.3) is 21.6 Å². The average Bonchev–Trinajstić information content (AvgIpc) is 3.73. The zero-order valence-corrected chi connectivity index (χ0v) is 36.4. The van der Waals surface area contributed by atoms with Crippen LogP contribution in [0.1, 0.15) is 54.4 Å². The largest absolute Gasteiger partial charge is 0.455 e. The van der Waals surface area contributed by atoms with E-state index < -0.39 is 42.8 Å². The number of benzene rings is 3. The Labute approximate surface area is 369 Å². The number of methoxy groups -OCH3 is 1. The van der Waals surface area contributed by atoms with Crippen molar-refractivity contribution >= 4 is 61.2 Å². The summed E-state index contributed by atoms with van der Waals surface area (Å²) in [5.41, 5.74) is 4.37. The second kappa shape index (κ2) is 19.0. The summed E-state index contributed by atoms with van der Waals surface area (Å²) in [6.07, 6.45) is 10.3. The molecule has 3 aromatic carbocycles. The number of allylic oxidation sites excluding steroid dienone is 1. The molecule has 1 saturated carbocycles. The number of nitro groups is 1. The first-order valence-electron chi connectivity index (χ1n) is 21.0. The Morgan fingerprint density at radius 3 is 2.54 bits per heavy atom. The molecule has 2 fully saturated rings. The van der Waals surface area contributed by atoms with Crippen molar-refractivity contribution in [3.8, 4) is 11.5 Å². The number of anilines is 2. The molecule has 18 heteroatoms. The van der Waals surface area contributed by atoms with Gasteiger partial charge in [0.15, 0.2) is 0 Å². The second-order valence-corrected chi connectivity index (χ2v) is 18.4. The van der Waals surface area contributed by atoms with E-state index in [0.29, 0.717) is 60.9 Å². The van der Waals surface area contributed by atoms with Gasteiger partial charge in [-0.15, -0.1) is 0 Å². The molecule has 15 nitrogen and oxygen atoms in total. The van der Waals surface area contributed by atoms with Crippen molar-refractivity contribution in [2.45, 2.75) is 43.4 Å². The summed E-state index contributed by atoms with van der Waals surface area (Å²) in [7, 11) is -3.17. The van der Waals surface area contributed by atoms with E-state index in [2.05, 4.69) is 32.3 Å². The predicted octanol–water partition coefficient (Wildman–Crippen LogP) is 8.18. The lowest BCUT2D eigenvalue weighted by Crippen LogP contribution is -2.47. The topological polar surface area (TPSA) is 181 Å². The molecule has 1 aliphatic heterocycles. The number of halogens is 2. The Morgan fingerprint density at radius 1 is 1.02 bits per heavy atom. The monoisotopic (exact) mass is 901 g/mol. The Bertz CT molecular complexity index is 2630. The van der Waals surface area contributed by atoms with Crippen molar-refractivity contribution in [1.29, 1.82) is 0 Å². The van der Waals surface area contributed by atoms with Crippen LogP contribution in [0.25, 0.3) is 16.6 Å². The number of hydrogen-bond acceptors (Lipinski definition) is 12. The van der Waals surface area contributed by atoms with Gasteiger partial charge in [0.05, 0.1) is 47.1 Å². The zero-order valence-electron chi connectivity index (χ0n) is 34.8. The Morgan fingerprint density at radius 2 is 1.81 bits per heavy atom. The highest BCUT2D eigenvalue weighted by molar-refractivity contribution is 7.90. The molecule has 3 aliphatic rings. The standard InChI is InChI=1S/C45H49ClFN7O8S/c1-60-21-22-61-20-15-48-39-8-7-35(24-41(39)54(56)57)63(58,59)51-44(55)36-25-38(47)40(26-42(36)62-34-23-31-10-14-49-43(31)50-28-34)53-18-16-52(17-19-53)29-32-9-13-45(11-2-12-45)27-37(32)30-3-5-33(46)6-4-30/h3-8,10,14,23-26,28,48H,2,9,11-13,15-22,27,29H2,1H3,(H,49,50)(H,51,55). The quantitative estimate of drug-likeness (QED) is 0.0463. The van der Waals surface area contributed by atoms with E-state index in [1.807, 2.05) is 21.8 Å². The number of sulfonamides is 1. The fourth-order valence-electron chi connectivity index (χ4n) is 8.67. The lowest BCUT2D eigenvalue weighted by atomic mass is 9.59. The summed E-state index contributed by atoms with van der Waals surface area (Å²) in [5, 5.41) is 16.3. The fourth-order valence-corrected chi connectivity index (χ4v) is 9.79. The van der Waals surface area contributed by atoms with Crippen LogP contribution in [0, 0.1) is 21.3 Å². The third kappa shape index (κ3) is 10.1. The average molecular weight is 902 g/mol. The Balaban J connectivity index is 1.01. The number of nitro benzene ring substituents is 1. The highest BCUT2D eigenvalue weighted by Gasteiger charge is 2.41. The molecule has 0 unspecified atom stereocenters. The van der Waals surface area contributed by atoms with E-state index in [9.17, 15) is 23.3 Å². The van der Waals surface area contributed by atoms with Crippen LogP contribution in [0.4, 0.5) is 21.5 Å². The van der Waals surface area contributed by atoms with Gasteiger partial charge >= 0.3 is 0 Å². The number of H-pyrrole nitrogens is 1. The van der Waals surface area contributed by atoms with Crippen LogP contribution in [0.3, 0.4) is 0 Å². The molecule has 2 aliphatic carbocycles. The number of carbonyl (C=O) groups is 1. The summed E-state index contributed by atoms with van der Waals surface area (Å²) >= 11 is 6.26. The number of pyridine rings is 1. The zero-order chi connectivity index (χ0) is 44.1. The maximum absolute atomic E-state index is 16.3. The molecule has 1 amide bonds. The molecule has 63 heavy (non-hydrogen) atoms. The van der Waals surface area contributed by atoms with Gasteiger partial charge in [-0.05, 0) is 91.1 Å². The van der Waals surface area contributed by atoms with Crippen molar-refractivity contribution in [2.75, 3.05) is 76.4 Å². The van der Waals surface area contributed by atoms with Gasteiger partial charge in [0, 0.05) is 75.1 Å². The summed E-state index contributed by atoms with van der Waals surface area (Å²) in [6, 6.07) is 17.2. The molecule has 0 radical (unpaired) electrons. The molecule has 5 aromatic rings. The molecule has 8 rings (SSSR count). The fraction of sp³-hybridized carbons (Fsp3) is 0.378. The van der Waals surface area contributed by atoms with Crippen molar-refractivity contribution in [1.82, 2.24) is 19.6 Å². The van der Waals surface area contributed by atoms with E-state index in [-0.39, 0.29) is 36.0 Å². The molecule has 0 bridgehead atoms. The van der Waals surface area contributed by atoms with Gasteiger partial charge in [0.1, 0.15) is 28.7 Å². The molecule has 3 N–H and O–H groups in total. The number of piperazine rings is 1. The predicted molar refractivity (Wildman–Crippen MR) is 239 cm³/mol. The number of aromatic nitrogens is 2. The maximum atomic E-state index is 16.3. The second-order valence-electron chi connectivity index (χ2n) is 16.3. The number of rotatable bonds is 17. The molecular formula is C45H49ClFN7O8S. The first kappa shape index (κ1) is 44.0. The van der Waals surface area contributed by atoms with Crippen molar-refractivity contribution in [3.05, 3.63) is 117 Å². The third-order valence-electron chi connectivity index (χ3n) is 12.3. The van der Waals surface area contributed by atoms with Gasteiger partial charge in [-0.2, -0.15) is 0 Å². The van der Waals surface area contributed by atoms with Gasteiger partial charge < -0.3 is 29.4 Å². The van der Waals surface area contributed by atoms with Crippen molar-refractivity contribution < 1.29 is 36.7 Å². The minimum absolute atomic E-state index is 0.0541. The minimum atomic E-state index is -4.71. The van der Waals surface area contributed by atoms with E-state index in [0.717, 1.165) is 37.6 Å². The van der Waals surface area contributed by atoms with Crippen LogP contribution in [0.15, 0.2) is 89.6 Å².